The number of hydrogen-bond acceptors (Lipinski definition) is 3. The Labute approximate surface area is 94.6 Å². The van der Waals surface area contributed by atoms with Crippen LogP contribution in [-0.2, 0) is 11.3 Å². The minimum absolute atomic E-state index is 0.0385. The van der Waals surface area contributed by atoms with Crippen LogP contribution in [0.15, 0.2) is 29.9 Å². The van der Waals surface area contributed by atoms with Crippen LogP contribution in [0.1, 0.15) is 6.92 Å². The highest BCUT2D eigenvalue weighted by Gasteiger charge is 2.15. The largest absolute Gasteiger partial charge is 0.351 e. The quantitative estimate of drug-likeness (QED) is 0.698. The van der Waals surface area contributed by atoms with Gasteiger partial charge >= 0.3 is 0 Å². The van der Waals surface area contributed by atoms with Gasteiger partial charge in [-0.2, -0.15) is 0 Å². The smallest absolute Gasteiger partial charge is 0.247 e. The lowest BCUT2D eigenvalue weighted by molar-refractivity contribution is -0.117. The maximum Gasteiger partial charge on any atom is 0.247 e. The number of carbonyl (C=O) groups is 1. The van der Waals surface area contributed by atoms with E-state index in [1.807, 2.05) is 17.7 Å². The van der Waals surface area contributed by atoms with Crippen LogP contribution in [-0.4, -0.2) is 35.1 Å². The molecule has 5 heteroatoms. The van der Waals surface area contributed by atoms with E-state index in [1.165, 1.54) is 5.57 Å². The van der Waals surface area contributed by atoms with E-state index in [0.717, 1.165) is 25.2 Å². The molecular weight excluding hydrogens is 204 g/mol. The fourth-order valence-corrected chi connectivity index (χ4v) is 1.53. The summed E-state index contributed by atoms with van der Waals surface area (Å²) in [4.78, 5) is 15.6. The zero-order valence-corrected chi connectivity index (χ0v) is 9.36. The summed E-state index contributed by atoms with van der Waals surface area (Å²) >= 11 is 0. The van der Waals surface area contributed by atoms with Gasteiger partial charge in [-0.3, -0.25) is 4.79 Å². The van der Waals surface area contributed by atoms with E-state index in [1.54, 1.807) is 12.5 Å². The molecule has 5 nitrogen and oxygen atoms in total. The number of hydrogen-bond donors (Lipinski definition) is 2. The maximum atomic E-state index is 11.7. The Morgan fingerprint density at radius 2 is 2.44 bits per heavy atom. The van der Waals surface area contributed by atoms with Crippen LogP contribution < -0.4 is 10.6 Å². The summed E-state index contributed by atoms with van der Waals surface area (Å²) < 4.78 is 1.94. The fraction of sp³-hybridized carbons (Fsp3) is 0.455. The minimum Gasteiger partial charge on any atom is -0.351 e. The monoisotopic (exact) mass is 220 g/mol. The summed E-state index contributed by atoms with van der Waals surface area (Å²) in [6.07, 6.45) is 5.36. The molecule has 1 amide bonds. The van der Waals surface area contributed by atoms with Crippen LogP contribution in [0.4, 0.5) is 0 Å². The molecule has 0 aliphatic carbocycles. The number of nitrogens with zero attached hydrogens (tertiary/aromatic N) is 2. The first-order chi connectivity index (χ1) is 7.77. The number of carbonyl (C=O) groups excluding carboxylic acids is 1. The number of aromatic nitrogens is 2. The second-order valence-corrected chi connectivity index (χ2v) is 3.89. The molecule has 2 heterocycles. The highest BCUT2D eigenvalue weighted by molar-refractivity contribution is 5.93. The Hall–Kier alpha value is -1.62. The second-order valence-electron chi connectivity index (χ2n) is 3.89. The van der Waals surface area contributed by atoms with Gasteiger partial charge in [0.1, 0.15) is 0 Å². The van der Waals surface area contributed by atoms with Crippen molar-refractivity contribution in [2.45, 2.75) is 13.5 Å². The van der Waals surface area contributed by atoms with Crippen LogP contribution in [0.25, 0.3) is 0 Å². The molecule has 2 rings (SSSR count). The van der Waals surface area contributed by atoms with Gasteiger partial charge in [0, 0.05) is 44.1 Å². The van der Waals surface area contributed by atoms with Crippen molar-refractivity contribution in [1.82, 2.24) is 20.2 Å². The van der Waals surface area contributed by atoms with Crippen molar-refractivity contribution in [1.29, 1.82) is 0 Å². The molecule has 1 aliphatic heterocycles. The van der Waals surface area contributed by atoms with Crippen molar-refractivity contribution < 1.29 is 4.79 Å². The molecule has 1 aromatic rings. The first-order valence-corrected chi connectivity index (χ1v) is 5.40. The van der Waals surface area contributed by atoms with Gasteiger partial charge < -0.3 is 15.2 Å². The molecule has 0 aromatic carbocycles. The predicted molar refractivity (Wildman–Crippen MR) is 60.8 cm³/mol. The third-order valence-electron chi connectivity index (χ3n) is 2.76. The standard InChI is InChI=1S/C11H16N4O/c1-9(10-6-13-7-10)11(16)14-3-5-15-4-2-12-8-15/h2,4,8,13H,3,5-7H2,1H3,(H,14,16). The second kappa shape index (κ2) is 4.94. The average molecular weight is 220 g/mol. The lowest BCUT2D eigenvalue weighted by Gasteiger charge is -2.21. The summed E-state index contributed by atoms with van der Waals surface area (Å²) in [6, 6.07) is 0. The van der Waals surface area contributed by atoms with E-state index in [9.17, 15) is 4.79 Å². The van der Waals surface area contributed by atoms with Gasteiger partial charge in [-0.1, -0.05) is 0 Å². The molecule has 16 heavy (non-hydrogen) atoms. The van der Waals surface area contributed by atoms with Gasteiger partial charge in [-0.05, 0) is 12.5 Å². The summed E-state index contributed by atoms with van der Waals surface area (Å²) in [6.45, 7) is 4.96. The summed E-state index contributed by atoms with van der Waals surface area (Å²) in [5.74, 6) is 0.0385. The maximum absolute atomic E-state index is 11.7. The van der Waals surface area contributed by atoms with E-state index in [0.29, 0.717) is 6.54 Å². The molecule has 2 N–H and O–H groups in total. The van der Waals surface area contributed by atoms with E-state index in [4.69, 9.17) is 0 Å². The Kier molecular flexibility index (Phi) is 3.36. The molecular formula is C11H16N4O. The number of nitrogens with one attached hydrogen (secondary N) is 2. The first-order valence-electron chi connectivity index (χ1n) is 5.40. The summed E-state index contributed by atoms with van der Waals surface area (Å²) in [7, 11) is 0. The lowest BCUT2D eigenvalue weighted by Crippen LogP contribution is -2.38. The van der Waals surface area contributed by atoms with Gasteiger partial charge in [-0.15, -0.1) is 0 Å². The predicted octanol–water partition coefficient (Wildman–Crippen LogP) is -0.0810. The number of amides is 1. The lowest BCUT2D eigenvalue weighted by atomic mass is 10.0. The normalized spacial score (nSPS) is 14.4. The first kappa shape index (κ1) is 10.9. The Morgan fingerprint density at radius 1 is 1.62 bits per heavy atom. The van der Waals surface area contributed by atoms with E-state index in [2.05, 4.69) is 15.6 Å². The molecule has 1 fully saturated rings. The van der Waals surface area contributed by atoms with Gasteiger partial charge in [0.05, 0.1) is 6.33 Å². The SMILES string of the molecule is CC(C(=O)NCCn1ccnc1)=C1CNC1. The molecule has 0 bridgehead atoms. The molecule has 0 radical (unpaired) electrons. The molecule has 0 spiro atoms. The van der Waals surface area contributed by atoms with Crippen molar-refractivity contribution in [3.05, 3.63) is 29.9 Å². The Bertz CT molecular complexity index is 388. The molecule has 1 saturated heterocycles. The van der Waals surface area contributed by atoms with Crippen LogP contribution in [0.5, 0.6) is 0 Å². The van der Waals surface area contributed by atoms with E-state index >= 15 is 0 Å². The molecule has 0 unspecified atom stereocenters. The summed E-state index contributed by atoms with van der Waals surface area (Å²) in [5.41, 5.74) is 2.06. The highest BCUT2D eigenvalue weighted by atomic mass is 16.1. The molecule has 1 aliphatic rings. The van der Waals surface area contributed by atoms with Crippen LogP contribution in [0.2, 0.25) is 0 Å². The van der Waals surface area contributed by atoms with Crippen molar-refractivity contribution in [3.8, 4) is 0 Å². The molecule has 86 valence electrons. The van der Waals surface area contributed by atoms with E-state index < -0.39 is 0 Å². The fourth-order valence-electron chi connectivity index (χ4n) is 1.53. The molecule has 0 atom stereocenters. The highest BCUT2D eigenvalue weighted by Crippen LogP contribution is 2.08. The van der Waals surface area contributed by atoms with Gasteiger partial charge in [0.15, 0.2) is 0 Å². The summed E-state index contributed by atoms with van der Waals surface area (Å²) in [5, 5.41) is 6.02. The van der Waals surface area contributed by atoms with Crippen LogP contribution in [0, 0.1) is 0 Å². The average Bonchev–Trinajstić information content (AvgIpc) is 2.67. The van der Waals surface area contributed by atoms with Gasteiger partial charge in [0.25, 0.3) is 0 Å². The van der Waals surface area contributed by atoms with Gasteiger partial charge in [0.2, 0.25) is 5.91 Å². The van der Waals surface area contributed by atoms with Crippen molar-refractivity contribution in [2.24, 2.45) is 0 Å². The molecule has 0 saturated carbocycles. The van der Waals surface area contributed by atoms with Gasteiger partial charge in [-0.25, -0.2) is 4.98 Å². The number of rotatable bonds is 4. The van der Waals surface area contributed by atoms with Crippen molar-refractivity contribution in [3.63, 3.8) is 0 Å². The number of imidazole rings is 1. The topological polar surface area (TPSA) is 59.0 Å². The minimum atomic E-state index is 0.0385. The van der Waals surface area contributed by atoms with E-state index in [-0.39, 0.29) is 5.91 Å². The van der Waals surface area contributed by atoms with Crippen LogP contribution >= 0.6 is 0 Å². The zero-order chi connectivity index (χ0) is 11.4. The Morgan fingerprint density at radius 3 is 3.00 bits per heavy atom. The third kappa shape index (κ3) is 2.49. The van der Waals surface area contributed by atoms with Crippen molar-refractivity contribution in [2.75, 3.05) is 19.6 Å². The van der Waals surface area contributed by atoms with Crippen molar-refractivity contribution >= 4 is 5.91 Å². The molecule has 1 aromatic heterocycles. The zero-order valence-electron chi connectivity index (χ0n) is 9.36. The Balaban J connectivity index is 1.76. The van der Waals surface area contributed by atoms with Crippen LogP contribution in [0.3, 0.4) is 0 Å². The third-order valence-corrected chi connectivity index (χ3v) is 2.76.